The molecule has 1 saturated carbocycles. The number of benzene rings is 1. The number of rotatable bonds is 5. The van der Waals surface area contributed by atoms with Crippen LogP contribution in [0.5, 0.6) is 0 Å². The van der Waals surface area contributed by atoms with Crippen molar-refractivity contribution in [3.8, 4) is 0 Å². The van der Waals surface area contributed by atoms with Gasteiger partial charge in [-0.25, -0.2) is 0 Å². The largest absolute Gasteiger partial charge is 0.387 e. The number of carbonyl (C=O) groups excluding carboxylic acids is 1. The quantitative estimate of drug-likeness (QED) is 0.623. The maximum Gasteiger partial charge on any atom is 0.269 e. The number of aliphatic hydroxyl groups excluding tert-OH is 1. The Bertz CT molecular complexity index is 468. The number of hydrogen-bond acceptors (Lipinski definition) is 4. The maximum atomic E-state index is 11.6. The van der Waals surface area contributed by atoms with Gasteiger partial charge in [0.1, 0.15) is 0 Å². The van der Waals surface area contributed by atoms with Gasteiger partial charge in [0.15, 0.2) is 0 Å². The standard InChI is InChI=1S/C13H16N2O4/c16-12(8-14-13(17)10-2-1-3-10)9-4-6-11(7-5-9)15(18)19/h4-7,10,12,16H,1-3,8H2,(H,14,17)/t12-/m0/s1. The first-order valence-electron chi connectivity index (χ1n) is 6.28. The third-order valence-electron chi connectivity index (χ3n) is 3.43. The molecule has 6 nitrogen and oxygen atoms in total. The predicted molar refractivity (Wildman–Crippen MR) is 68.4 cm³/mol. The van der Waals surface area contributed by atoms with Crippen LogP contribution in [0.2, 0.25) is 0 Å². The summed E-state index contributed by atoms with van der Waals surface area (Å²) in [5.74, 6) is 0.0660. The van der Waals surface area contributed by atoms with Crippen molar-refractivity contribution in [2.75, 3.05) is 6.54 Å². The van der Waals surface area contributed by atoms with E-state index in [0.717, 1.165) is 19.3 Å². The van der Waals surface area contributed by atoms with Gasteiger partial charge in [-0.05, 0) is 30.5 Å². The zero-order chi connectivity index (χ0) is 13.8. The molecule has 0 bridgehead atoms. The van der Waals surface area contributed by atoms with Crippen molar-refractivity contribution in [3.05, 3.63) is 39.9 Å². The van der Waals surface area contributed by atoms with Crippen LogP contribution < -0.4 is 5.32 Å². The Kier molecular flexibility index (Phi) is 4.11. The van der Waals surface area contributed by atoms with Crippen molar-refractivity contribution >= 4 is 11.6 Å². The molecule has 0 spiro atoms. The highest BCUT2D eigenvalue weighted by Crippen LogP contribution is 2.26. The Balaban J connectivity index is 1.86. The average molecular weight is 264 g/mol. The minimum absolute atomic E-state index is 0.0190. The summed E-state index contributed by atoms with van der Waals surface area (Å²) in [6.45, 7) is 0.132. The molecule has 0 radical (unpaired) electrons. The molecule has 6 heteroatoms. The minimum atomic E-state index is -0.843. The zero-order valence-electron chi connectivity index (χ0n) is 10.4. The summed E-state index contributed by atoms with van der Waals surface area (Å²) in [6, 6.07) is 5.68. The molecule has 1 fully saturated rings. The molecule has 1 aromatic carbocycles. The van der Waals surface area contributed by atoms with Crippen molar-refractivity contribution in [1.29, 1.82) is 0 Å². The molecule has 0 aromatic heterocycles. The number of aliphatic hydroxyl groups is 1. The first kappa shape index (κ1) is 13.5. The summed E-state index contributed by atoms with van der Waals surface area (Å²) < 4.78 is 0. The molecule has 19 heavy (non-hydrogen) atoms. The number of carbonyl (C=O) groups is 1. The van der Waals surface area contributed by atoms with E-state index in [1.807, 2.05) is 0 Å². The van der Waals surface area contributed by atoms with Crippen LogP contribution in [0.15, 0.2) is 24.3 Å². The molecule has 0 aliphatic heterocycles. The summed E-state index contributed by atoms with van der Waals surface area (Å²) in [5.41, 5.74) is 0.536. The molecule has 1 aliphatic carbocycles. The lowest BCUT2D eigenvalue weighted by atomic mass is 9.85. The second-order valence-corrected chi connectivity index (χ2v) is 4.74. The fourth-order valence-corrected chi connectivity index (χ4v) is 1.95. The fourth-order valence-electron chi connectivity index (χ4n) is 1.95. The normalized spacial score (nSPS) is 16.5. The Labute approximate surface area is 110 Å². The zero-order valence-corrected chi connectivity index (χ0v) is 10.4. The molecule has 1 atom stereocenters. The highest BCUT2D eigenvalue weighted by molar-refractivity contribution is 5.79. The Hall–Kier alpha value is -1.95. The van der Waals surface area contributed by atoms with Crippen molar-refractivity contribution in [3.63, 3.8) is 0 Å². The van der Waals surface area contributed by atoms with Gasteiger partial charge in [0, 0.05) is 24.6 Å². The van der Waals surface area contributed by atoms with Crippen LogP contribution in [-0.4, -0.2) is 22.5 Å². The van der Waals surface area contributed by atoms with Crippen LogP contribution in [0.4, 0.5) is 5.69 Å². The molecule has 102 valence electrons. The van der Waals surface area contributed by atoms with Crippen molar-refractivity contribution in [2.24, 2.45) is 5.92 Å². The fraction of sp³-hybridized carbons (Fsp3) is 0.462. The maximum absolute atomic E-state index is 11.6. The summed E-state index contributed by atoms with van der Waals surface area (Å²) in [6.07, 6.45) is 2.08. The predicted octanol–water partition coefficient (Wildman–Crippen LogP) is 1.54. The molecule has 1 amide bonds. The van der Waals surface area contributed by atoms with E-state index < -0.39 is 11.0 Å². The van der Waals surface area contributed by atoms with Gasteiger partial charge in [0.25, 0.3) is 5.69 Å². The summed E-state index contributed by atoms with van der Waals surface area (Å²) >= 11 is 0. The van der Waals surface area contributed by atoms with Crippen molar-refractivity contribution in [1.82, 2.24) is 5.32 Å². The molecule has 0 heterocycles. The molecule has 1 aromatic rings. The summed E-state index contributed by atoms with van der Waals surface area (Å²) in [7, 11) is 0. The third kappa shape index (κ3) is 3.29. The lowest BCUT2D eigenvalue weighted by Gasteiger charge is -2.24. The van der Waals surface area contributed by atoms with E-state index >= 15 is 0 Å². The smallest absolute Gasteiger partial charge is 0.269 e. The van der Waals surface area contributed by atoms with E-state index in [-0.39, 0.29) is 24.1 Å². The van der Waals surface area contributed by atoms with Gasteiger partial charge in [-0.1, -0.05) is 6.42 Å². The van der Waals surface area contributed by atoms with E-state index in [4.69, 9.17) is 0 Å². The number of nitro groups is 1. The van der Waals surface area contributed by atoms with Crippen molar-refractivity contribution in [2.45, 2.75) is 25.4 Å². The van der Waals surface area contributed by atoms with Crippen LogP contribution in [-0.2, 0) is 4.79 Å². The van der Waals surface area contributed by atoms with Crippen LogP contribution in [0.25, 0.3) is 0 Å². The summed E-state index contributed by atoms with van der Waals surface area (Å²) in [4.78, 5) is 21.6. The lowest BCUT2D eigenvalue weighted by Crippen LogP contribution is -2.36. The van der Waals surface area contributed by atoms with Gasteiger partial charge < -0.3 is 10.4 Å². The number of nitrogens with zero attached hydrogens (tertiary/aromatic N) is 1. The molecular weight excluding hydrogens is 248 g/mol. The van der Waals surface area contributed by atoms with Gasteiger partial charge >= 0.3 is 0 Å². The lowest BCUT2D eigenvalue weighted by molar-refractivity contribution is -0.384. The first-order valence-corrected chi connectivity index (χ1v) is 6.28. The number of nitro benzene ring substituents is 1. The average Bonchev–Trinajstić information content (AvgIpc) is 2.34. The summed E-state index contributed by atoms with van der Waals surface area (Å²) in [5, 5.41) is 23.1. The molecule has 2 N–H and O–H groups in total. The second kappa shape index (κ2) is 5.79. The first-order chi connectivity index (χ1) is 9.08. The van der Waals surface area contributed by atoms with Crippen LogP contribution in [0.3, 0.4) is 0 Å². The van der Waals surface area contributed by atoms with Gasteiger partial charge in [-0.2, -0.15) is 0 Å². The molecule has 1 aliphatic rings. The van der Waals surface area contributed by atoms with E-state index in [2.05, 4.69) is 5.32 Å². The van der Waals surface area contributed by atoms with E-state index in [0.29, 0.717) is 5.56 Å². The number of hydrogen-bond donors (Lipinski definition) is 2. The van der Waals surface area contributed by atoms with Crippen LogP contribution in [0.1, 0.15) is 30.9 Å². The molecule has 0 unspecified atom stereocenters. The number of non-ortho nitro benzene ring substituents is 1. The SMILES string of the molecule is O=C(NC[C@H](O)c1ccc([N+](=O)[O-])cc1)C1CCC1. The highest BCUT2D eigenvalue weighted by Gasteiger charge is 2.25. The molecule has 2 rings (SSSR count). The molecule has 0 saturated heterocycles. The number of nitrogens with one attached hydrogen (secondary N) is 1. The Morgan fingerprint density at radius 3 is 2.53 bits per heavy atom. The van der Waals surface area contributed by atoms with E-state index in [9.17, 15) is 20.0 Å². The van der Waals surface area contributed by atoms with Gasteiger partial charge in [0.2, 0.25) is 5.91 Å². The highest BCUT2D eigenvalue weighted by atomic mass is 16.6. The third-order valence-corrected chi connectivity index (χ3v) is 3.43. The Morgan fingerprint density at radius 1 is 1.42 bits per heavy atom. The second-order valence-electron chi connectivity index (χ2n) is 4.74. The van der Waals surface area contributed by atoms with Crippen molar-refractivity contribution < 1.29 is 14.8 Å². The van der Waals surface area contributed by atoms with Crippen LogP contribution in [0, 0.1) is 16.0 Å². The van der Waals surface area contributed by atoms with Crippen LogP contribution >= 0.6 is 0 Å². The molecular formula is C13H16N2O4. The Morgan fingerprint density at radius 2 is 2.05 bits per heavy atom. The topological polar surface area (TPSA) is 92.5 Å². The van der Waals surface area contributed by atoms with Gasteiger partial charge in [-0.3, -0.25) is 14.9 Å². The van der Waals surface area contributed by atoms with Gasteiger partial charge in [-0.15, -0.1) is 0 Å². The van der Waals surface area contributed by atoms with E-state index in [1.165, 1.54) is 24.3 Å². The number of amides is 1. The van der Waals surface area contributed by atoms with E-state index in [1.54, 1.807) is 0 Å². The monoisotopic (exact) mass is 264 g/mol. The van der Waals surface area contributed by atoms with Gasteiger partial charge in [0.05, 0.1) is 11.0 Å². The minimum Gasteiger partial charge on any atom is -0.387 e.